The summed E-state index contributed by atoms with van der Waals surface area (Å²) >= 11 is 1.38. The number of ether oxygens (including phenoxy) is 1. The van der Waals surface area contributed by atoms with Gasteiger partial charge in [0, 0.05) is 11.2 Å². The summed E-state index contributed by atoms with van der Waals surface area (Å²) in [7, 11) is -3.08. The second-order valence-electron chi connectivity index (χ2n) is 6.46. The van der Waals surface area contributed by atoms with Gasteiger partial charge in [-0.1, -0.05) is 37.7 Å². The molecule has 0 aliphatic carbocycles. The number of hydrogen-bond acceptors (Lipinski definition) is 5. The number of anilines is 1. The van der Waals surface area contributed by atoms with Gasteiger partial charge in [0.2, 0.25) is 0 Å². The number of thioether (sulfide) groups is 1. The van der Waals surface area contributed by atoms with E-state index in [1.165, 1.54) is 11.8 Å². The second-order valence-corrected chi connectivity index (χ2v) is 9.82. The Balaban J connectivity index is 2.05. The van der Waals surface area contributed by atoms with Gasteiger partial charge in [-0.2, -0.15) is 4.99 Å². The van der Waals surface area contributed by atoms with E-state index >= 15 is 0 Å². The highest BCUT2D eigenvalue weighted by Gasteiger charge is 2.50. The summed E-state index contributed by atoms with van der Waals surface area (Å²) < 4.78 is 29.9. The van der Waals surface area contributed by atoms with Crippen molar-refractivity contribution < 1.29 is 17.9 Å². The first-order chi connectivity index (χ1) is 11.8. The summed E-state index contributed by atoms with van der Waals surface area (Å²) in [5, 5.41) is 0.453. The van der Waals surface area contributed by atoms with Crippen LogP contribution in [0.2, 0.25) is 0 Å². The van der Waals surface area contributed by atoms with Crippen LogP contribution in [0.15, 0.2) is 29.3 Å². The molecule has 2 aliphatic rings. The number of carbonyl (C=O) groups excluding carboxylic acids is 1. The first-order valence-electron chi connectivity index (χ1n) is 8.33. The SMILES string of the molecule is CCOc1ccccc1N1C(=NC(=O)C(C)C)S[C@H]2CS(=O)(=O)C[C@H]21. The van der Waals surface area contributed by atoms with Crippen LogP contribution in [-0.2, 0) is 14.6 Å². The molecule has 25 heavy (non-hydrogen) atoms. The molecule has 136 valence electrons. The Morgan fingerprint density at radius 2 is 2.08 bits per heavy atom. The van der Waals surface area contributed by atoms with Crippen LogP contribution in [0.4, 0.5) is 5.69 Å². The predicted molar refractivity (Wildman–Crippen MR) is 101 cm³/mol. The Bertz CT molecular complexity index is 805. The number of amides is 1. The zero-order valence-corrected chi connectivity index (χ0v) is 16.1. The fraction of sp³-hybridized carbons (Fsp3) is 0.529. The van der Waals surface area contributed by atoms with Gasteiger partial charge < -0.3 is 9.64 Å². The first kappa shape index (κ1) is 18.3. The van der Waals surface area contributed by atoms with Gasteiger partial charge in [-0.05, 0) is 19.1 Å². The van der Waals surface area contributed by atoms with E-state index in [1.807, 2.05) is 36.1 Å². The van der Waals surface area contributed by atoms with E-state index in [9.17, 15) is 13.2 Å². The van der Waals surface area contributed by atoms with E-state index < -0.39 is 9.84 Å². The number of sulfone groups is 1. The fourth-order valence-corrected chi connectivity index (χ4v) is 6.92. The van der Waals surface area contributed by atoms with E-state index in [1.54, 1.807) is 13.8 Å². The minimum atomic E-state index is -3.08. The van der Waals surface area contributed by atoms with E-state index in [2.05, 4.69) is 4.99 Å². The van der Waals surface area contributed by atoms with Gasteiger partial charge in [-0.15, -0.1) is 0 Å². The Morgan fingerprint density at radius 1 is 1.36 bits per heavy atom. The molecule has 0 bridgehead atoms. The Hall–Kier alpha value is -1.54. The molecule has 1 amide bonds. The van der Waals surface area contributed by atoms with Crippen LogP contribution in [0.25, 0.3) is 0 Å². The lowest BCUT2D eigenvalue weighted by atomic mass is 10.2. The summed E-state index contributed by atoms with van der Waals surface area (Å²) in [6.07, 6.45) is 0. The third-order valence-electron chi connectivity index (χ3n) is 4.19. The maximum Gasteiger partial charge on any atom is 0.250 e. The number of carbonyl (C=O) groups is 1. The molecule has 2 fully saturated rings. The smallest absolute Gasteiger partial charge is 0.250 e. The third kappa shape index (κ3) is 3.69. The van der Waals surface area contributed by atoms with Crippen molar-refractivity contribution in [2.24, 2.45) is 10.9 Å². The minimum absolute atomic E-state index is 0.0695. The van der Waals surface area contributed by atoms with Crippen molar-refractivity contribution in [1.82, 2.24) is 0 Å². The molecule has 1 aromatic rings. The highest BCUT2D eigenvalue weighted by atomic mass is 32.2. The van der Waals surface area contributed by atoms with Gasteiger partial charge in [0.1, 0.15) is 5.75 Å². The van der Waals surface area contributed by atoms with E-state index in [-0.39, 0.29) is 34.6 Å². The molecule has 0 saturated carbocycles. The number of benzene rings is 1. The van der Waals surface area contributed by atoms with Crippen molar-refractivity contribution in [2.45, 2.75) is 32.1 Å². The van der Waals surface area contributed by atoms with Crippen molar-refractivity contribution in [3.63, 3.8) is 0 Å². The summed E-state index contributed by atoms with van der Waals surface area (Å²) in [6, 6.07) is 7.25. The molecule has 2 atom stereocenters. The van der Waals surface area contributed by atoms with Gasteiger partial charge in [0.15, 0.2) is 15.0 Å². The zero-order valence-electron chi connectivity index (χ0n) is 14.5. The predicted octanol–water partition coefficient (Wildman–Crippen LogP) is 2.34. The molecule has 0 unspecified atom stereocenters. The minimum Gasteiger partial charge on any atom is -0.492 e. The van der Waals surface area contributed by atoms with Crippen molar-refractivity contribution in [1.29, 1.82) is 0 Å². The number of para-hydroxylation sites is 2. The lowest BCUT2D eigenvalue weighted by Gasteiger charge is -2.26. The maximum atomic E-state index is 12.2. The Kier molecular flexibility index (Phi) is 5.11. The molecule has 3 rings (SSSR count). The quantitative estimate of drug-likeness (QED) is 0.796. The van der Waals surface area contributed by atoms with Gasteiger partial charge in [-0.3, -0.25) is 4.79 Å². The van der Waals surface area contributed by atoms with Crippen molar-refractivity contribution in [2.75, 3.05) is 23.0 Å². The standard InChI is InChI=1S/C17H22N2O4S2/c1-4-23-14-8-6-5-7-12(14)19-13-9-25(21,22)10-15(13)24-17(19)18-16(20)11(2)3/h5-8,11,13,15H,4,9-10H2,1-3H3/t13-,15+/m1/s1. The second kappa shape index (κ2) is 6.99. The van der Waals surface area contributed by atoms with Crippen molar-refractivity contribution >= 4 is 38.4 Å². The molecule has 0 aromatic heterocycles. The number of nitrogens with zero attached hydrogens (tertiary/aromatic N) is 2. The lowest BCUT2D eigenvalue weighted by molar-refractivity contribution is -0.120. The topological polar surface area (TPSA) is 76.0 Å². The van der Waals surface area contributed by atoms with Crippen LogP contribution in [0.1, 0.15) is 20.8 Å². The first-order valence-corrected chi connectivity index (χ1v) is 11.0. The molecule has 8 heteroatoms. The normalized spacial score (nSPS) is 26.2. The number of amidine groups is 1. The third-order valence-corrected chi connectivity index (χ3v) is 7.40. The van der Waals surface area contributed by atoms with E-state index in [0.717, 1.165) is 5.69 Å². The van der Waals surface area contributed by atoms with Crippen LogP contribution in [0.5, 0.6) is 5.75 Å². The number of hydrogen-bond donors (Lipinski definition) is 0. The zero-order chi connectivity index (χ0) is 18.2. The van der Waals surface area contributed by atoms with Crippen LogP contribution < -0.4 is 9.64 Å². The molecule has 0 radical (unpaired) electrons. The lowest BCUT2D eigenvalue weighted by Crippen LogP contribution is -2.38. The monoisotopic (exact) mass is 382 g/mol. The molecular weight excluding hydrogens is 360 g/mol. The molecular formula is C17H22N2O4S2. The molecule has 6 nitrogen and oxygen atoms in total. The average molecular weight is 383 g/mol. The van der Waals surface area contributed by atoms with Gasteiger partial charge >= 0.3 is 0 Å². The summed E-state index contributed by atoms with van der Waals surface area (Å²) in [6.45, 7) is 6.00. The molecule has 0 spiro atoms. The van der Waals surface area contributed by atoms with Crippen LogP contribution >= 0.6 is 11.8 Å². The van der Waals surface area contributed by atoms with Crippen molar-refractivity contribution in [3.8, 4) is 5.75 Å². The molecule has 2 aliphatic heterocycles. The number of fused-ring (bicyclic) bond motifs is 1. The Morgan fingerprint density at radius 3 is 2.76 bits per heavy atom. The number of aliphatic imine (C=N–C) groups is 1. The average Bonchev–Trinajstić information content (AvgIpc) is 2.99. The molecule has 0 N–H and O–H groups in total. The summed E-state index contributed by atoms with van der Waals surface area (Å²) in [5.41, 5.74) is 0.761. The van der Waals surface area contributed by atoms with Crippen LogP contribution in [-0.4, -0.2) is 48.9 Å². The van der Waals surface area contributed by atoms with Crippen LogP contribution in [0.3, 0.4) is 0 Å². The highest BCUT2D eigenvalue weighted by Crippen LogP contribution is 2.43. The highest BCUT2D eigenvalue weighted by molar-refractivity contribution is 8.16. The van der Waals surface area contributed by atoms with Gasteiger partial charge in [0.25, 0.3) is 5.91 Å². The summed E-state index contributed by atoms with van der Waals surface area (Å²) in [5.74, 6) is 0.440. The van der Waals surface area contributed by atoms with Gasteiger partial charge in [0.05, 0.1) is 29.8 Å². The summed E-state index contributed by atoms with van der Waals surface area (Å²) in [4.78, 5) is 18.3. The van der Waals surface area contributed by atoms with Crippen molar-refractivity contribution in [3.05, 3.63) is 24.3 Å². The molecule has 2 heterocycles. The Labute approximate surface area is 152 Å². The molecule has 2 saturated heterocycles. The van der Waals surface area contributed by atoms with E-state index in [0.29, 0.717) is 17.5 Å². The molecule has 1 aromatic carbocycles. The fourth-order valence-electron chi connectivity index (χ4n) is 3.00. The largest absolute Gasteiger partial charge is 0.492 e. The number of rotatable bonds is 4. The van der Waals surface area contributed by atoms with Crippen LogP contribution in [0, 0.1) is 5.92 Å². The van der Waals surface area contributed by atoms with E-state index in [4.69, 9.17) is 4.74 Å². The maximum absolute atomic E-state index is 12.2. The van der Waals surface area contributed by atoms with Gasteiger partial charge in [-0.25, -0.2) is 8.42 Å².